The summed E-state index contributed by atoms with van der Waals surface area (Å²) in [5.41, 5.74) is 0. The monoisotopic (exact) mass is 441 g/mol. The number of benzene rings is 1. The summed E-state index contributed by atoms with van der Waals surface area (Å²) in [7, 11) is 0. The third kappa shape index (κ3) is 6.76. The maximum absolute atomic E-state index is 12.4. The summed E-state index contributed by atoms with van der Waals surface area (Å²) in [6, 6.07) is 5.10. The Labute approximate surface area is 182 Å². The van der Waals surface area contributed by atoms with E-state index < -0.39 is 0 Å². The van der Waals surface area contributed by atoms with Gasteiger partial charge in [-0.3, -0.25) is 14.5 Å². The molecule has 2 aliphatic rings. The summed E-state index contributed by atoms with van der Waals surface area (Å²) >= 11 is 11.9. The second-order valence-corrected chi connectivity index (χ2v) is 8.47. The summed E-state index contributed by atoms with van der Waals surface area (Å²) in [6.07, 6.45) is 4.52. The van der Waals surface area contributed by atoms with E-state index >= 15 is 0 Å². The van der Waals surface area contributed by atoms with Gasteiger partial charge in [-0.05, 0) is 43.9 Å². The normalized spacial score (nSPS) is 18.0. The van der Waals surface area contributed by atoms with Crippen molar-refractivity contribution < 1.29 is 14.3 Å². The standard InChI is InChI=1S/C21H29Cl2N3O3/c22-17-6-7-19(18(23)15-17)29-14-4-5-20(27)26-12-10-24(11-13-26)16-21(28)25-8-2-1-3-9-25/h6-7,15H,1-5,8-14,16H2. The Morgan fingerprint density at radius 3 is 2.28 bits per heavy atom. The van der Waals surface area contributed by atoms with Gasteiger partial charge in [0.25, 0.3) is 0 Å². The van der Waals surface area contributed by atoms with E-state index in [1.165, 1.54) is 6.42 Å². The number of hydrogen-bond acceptors (Lipinski definition) is 4. The van der Waals surface area contributed by atoms with Crippen molar-refractivity contribution in [2.45, 2.75) is 32.1 Å². The molecule has 2 fully saturated rings. The van der Waals surface area contributed by atoms with Crippen LogP contribution in [0.4, 0.5) is 0 Å². The molecule has 0 aromatic heterocycles. The first-order valence-electron chi connectivity index (χ1n) is 10.4. The molecule has 0 radical (unpaired) electrons. The average molecular weight is 442 g/mol. The fourth-order valence-electron chi connectivity index (χ4n) is 3.75. The first kappa shape index (κ1) is 22.2. The highest BCUT2D eigenvalue weighted by molar-refractivity contribution is 6.35. The van der Waals surface area contributed by atoms with Crippen LogP contribution < -0.4 is 4.74 Å². The number of amides is 2. The maximum atomic E-state index is 12.4. The molecule has 160 valence electrons. The van der Waals surface area contributed by atoms with Crippen LogP contribution in [0, 0.1) is 0 Å². The highest BCUT2D eigenvalue weighted by Crippen LogP contribution is 2.27. The van der Waals surface area contributed by atoms with Crippen LogP contribution in [0.1, 0.15) is 32.1 Å². The molecule has 0 spiro atoms. The minimum absolute atomic E-state index is 0.137. The molecule has 0 N–H and O–H groups in total. The molecular formula is C21H29Cl2N3O3. The SMILES string of the molecule is O=C(CCCOc1ccc(Cl)cc1Cl)N1CCN(CC(=O)N2CCCCC2)CC1. The average Bonchev–Trinajstić information content (AvgIpc) is 2.73. The minimum Gasteiger partial charge on any atom is -0.492 e. The number of likely N-dealkylation sites (tertiary alicyclic amines) is 1. The largest absolute Gasteiger partial charge is 0.492 e. The lowest BCUT2D eigenvalue weighted by molar-refractivity contribution is -0.135. The Balaban J connectivity index is 1.31. The Morgan fingerprint density at radius 1 is 0.897 bits per heavy atom. The zero-order valence-electron chi connectivity index (χ0n) is 16.7. The molecule has 2 amide bonds. The van der Waals surface area contributed by atoms with Crippen molar-refractivity contribution in [1.29, 1.82) is 0 Å². The van der Waals surface area contributed by atoms with E-state index in [0.717, 1.165) is 39.0 Å². The second-order valence-electron chi connectivity index (χ2n) is 7.63. The number of carbonyl (C=O) groups excluding carboxylic acids is 2. The molecule has 2 saturated heterocycles. The van der Waals surface area contributed by atoms with Crippen LogP contribution in [0.5, 0.6) is 5.75 Å². The molecule has 2 heterocycles. The molecule has 8 heteroatoms. The van der Waals surface area contributed by atoms with Crippen molar-refractivity contribution in [3.8, 4) is 5.75 Å². The summed E-state index contributed by atoms with van der Waals surface area (Å²) < 4.78 is 5.64. The molecule has 0 unspecified atom stereocenters. The number of piperazine rings is 1. The molecule has 29 heavy (non-hydrogen) atoms. The number of ether oxygens (including phenoxy) is 1. The van der Waals surface area contributed by atoms with Crippen LogP contribution in [0.25, 0.3) is 0 Å². The molecule has 0 saturated carbocycles. The van der Waals surface area contributed by atoms with Gasteiger partial charge in [-0.2, -0.15) is 0 Å². The Kier molecular flexibility index (Phi) is 8.45. The van der Waals surface area contributed by atoms with Crippen molar-refractivity contribution in [3.05, 3.63) is 28.2 Å². The van der Waals surface area contributed by atoms with E-state index in [0.29, 0.717) is 54.9 Å². The topological polar surface area (TPSA) is 53.1 Å². The van der Waals surface area contributed by atoms with Gasteiger partial charge >= 0.3 is 0 Å². The second kappa shape index (κ2) is 11.0. The Morgan fingerprint density at radius 2 is 1.59 bits per heavy atom. The van der Waals surface area contributed by atoms with E-state index in [-0.39, 0.29) is 11.8 Å². The van der Waals surface area contributed by atoms with Gasteiger partial charge in [0.1, 0.15) is 5.75 Å². The Hall–Kier alpha value is -1.50. The van der Waals surface area contributed by atoms with Gasteiger partial charge < -0.3 is 14.5 Å². The van der Waals surface area contributed by atoms with Crippen molar-refractivity contribution in [1.82, 2.24) is 14.7 Å². The van der Waals surface area contributed by atoms with Crippen LogP contribution in [-0.4, -0.2) is 78.9 Å². The fraction of sp³-hybridized carbons (Fsp3) is 0.619. The molecule has 1 aromatic rings. The van der Waals surface area contributed by atoms with Crippen LogP contribution >= 0.6 is 23.2 Å². The highest BCUT2D eigenvalue weighted by atomic mass is 35.5. The number of halogens is 2. The van der Waals surface area contributed by atoms with Crippen molar-refractivity contribution in [3.63, 3.8) is 0 Å². The molecule has 0 atom stereocenters. The molecule has 0 bridgehead atoms. The lowest BCUT2D eigenvalue weighted by Gasteiger charge is -2.36. The lowest BCUT2D eigenvalue weighted by atomic mass is 10.1. The quantitative estimate of drug-likeness (QED) is 0.609. The first-order chi connectivity index (χ1) is 14.0. The number of hydrogen-bond donors (Lipinski definition) is 0. The summed E-state index contributed by atoms with van der Waals surface area (Å²) in [5.74, 6) is 0.941. The zero-order chi connectivity index (χ0) is 20.6. The van der Waals surface area contributed by atoms with Crippen molar-refractivity contribution in [2.24, 2.45) is 0 Å². The van der Waals surface area contributed by atoms with E-state index in [9.17, 15) is 9.59 Å². The first-order valence-corrected chi connectivity index (χ1v) is 11.1. The van der Waals surface area contributed by atoms with Gasteiger partial charge in [-0.25, -0.2) is 0 Å². The fourth-order valence-corrected chi connectivity index (χ4v) is 4.21. The molecule has 3 rings (SSSR count). The van der Waals surface area contributed by atoms with Crippen LogP contribution in [0.2, 0.25) is 10.0 Å². The summed E-state index contributed by atoms with van der Waals surface area (Å²) in [4.78, 5) is 30.8. The van der Waals surface area contributed by atoms with Gasteiger partial charge in [0, 0.05) is 50.7 Å². The van der Waals surface area contributed by atoms with Gasteiger partial charge in [-0.15, -0.1) is 0 Å². The van der Waals surface area contributed by atoms with Gasteiger partial charge in [0.2, 0.25) is 11.8 Å². The number of carbonyl (C=O) groups is 2. The zero-order valence-corrected chi connectivity index (χ0v) is 18.3. The van der Waals surface area contributed by atoms with Crippen LogP contribution in [0.15, 0.2) is 18.2 Å². The molecular weight excluding hydrogens is 413 g/mol. The molecule has 6 nitrogen and oxygen atoms in total. The number of nitrogens with zero attached hydrogens (tertiary/aromatic N) is 3. The molecule has 2 aliphatic heterocycles. The predicted octanol–water partition coefficient (Wildman–Crippen LogP) is 3.31. The van der Waals surface area contributed by atoms with Gasteiger partial charge in [0.15, 0.2) is 0 Å². The maximum Gasteiger partial charge on any atom is 0.236 e. The van der Waals surface area contributed by atoms with E-state index in [1.54, 1.807) is 18.2 Å². The number of piperidine rings is 1. The summed E-state index contributed by atoms with van der Waals surface area (Å²) in [5, 5.41) is 1.04. The third-order valence-electron chi connectivity index (χ3n) is 5.48. The van der Waals surface area contributed by atoms with Gasteiger partial charge in [0.05, 0.1) is 18.2 Å². The van der Waals surface area contributed by atoms with Gasteiger partial charge in [-0.1, -0.05) is 23.2 Å². The van der Waals surface area contributed by atoms with Crippen LogP contribution in [-0.2, 0) is 9.59 Å². The van der Waals surface area contributed by atoms with E-state index in [2.05, 4.69) is 4.90 Å². The predicted molar refractivity (Wildman–Crippen MR) is 115 cm³/mol. The Bertz CT molecular complexity index is 702. The highest BCUT2D eigenvalue weighted by Gasteiger charge is 2.24. The molecule has 0 aliphatic carbocycles. The third-order valence-corrected chi connectivity index (χ3v) is 6.01. The van der Waals surface area contributed by atoms with Crippen molar-refractivity contribution in [2.75, 3.05) is 52.4 Å². The number of rotatable bonds is 7. The lowest BCUT2D eigenvalue weighted by Crippen LogP contribution is -2.52. The molecule has 1 aromatic carbocycles. The summed E-state index contributed by atoms with van der Waals surface area (Å²) in [6.45, 7) is 5.53. The minimum atomic E-state index is 0.137. The van der Waals surface area contributed by atoms with Crippen molar-refractivity contribution >= 4 is 35.0 Å². The smallest absolute Gasteiger partial charge is 0.236 e. The van der Waals surface area contributed by atoms with Crippen LogP contribution in [0.3, 0.4) is 0 Å². The van der Waals surface area contributed by atoms with E-state index in [4.69, 9.17) is 27.9 Å². The van der Waals surface area contributed by atoms with E-state index in [1.807, 2.05) is 9.80 Å².